The van der Waals surface area contributed by atoms with Gasteiger partial charge in [-0.15, -0.1) is 0 Å². The molecular formula is C20H20N4O. The third-order valence-electron chi connectivity index (χ3n) is 4.07. The van der Waals surface area contributed by atoms with Crippen molar-refractivity contribution in [1.29, 1.82) is 0 Å². The fraction of sp³-hybridized carbons (Fsp3) is 0.200. The van der Waals surface area contributed by atoms with Crippen LogP contribution < -0.4 is 5.32 Å². The molecule has 0 bridgehead atoms. The van der Waals surface area contributed by atoms with Gasteiger partial charge in [-0.2, -0.15) is 0 Å². The van der Waals surface area contributed by atoms with Crippen LogP contribution in [0.25, 0.3) is 27.7 Å². The van der Waals surface area contributed by atoms with E-state index in [1.165, 1.54) is 0 Å². The van der Waals surface area contributed by atoms with E-state index in [1.807, 2.05) is 40.9 Å². The first-order chi connectivity index (χ1) is 11.9. The maximum Gasteiger partial charge on any atom is 0.157 e. The van der Waals surface area contributed by atoms with E-state index >= 15 is 0 Å². The van der Waals surface area contributed by atoms with Gasteiger partial charge < -0.3 is 10.4 Å². The average Bonchev–Trinajstić information content (AvgIpc) is 2.91. The smallest absolute Gasteiger partial charge is 0.157 e. The Balaban J connectivity index is 2.08. The molecule has 0 aliphatic carbocycles. The van der Waals surface area contributed by atoms with Gasteiger partial charge >= 0.3 is 0 Å². The number of phenols is 1. The molecule has 2 aromatic heterocycles. The first-order valence-electron chi connectivity index (χ1n) is 8.25. The van der Waals surface area contributed by atoms with Crippen molar-refractivity contribution in [1.82, 2.24) is 14.4 Å². The molecule has 4 aromatic rings. The standard InChI is InChI=1S/C20H20N4O/c1-20(2,3)23-19-18(22-16-12-21-10-11-24(16)19)17-14-7-5-4-6-13(14)8-9-15(17)25/h4-12,23,25H,1-3H3. The van der Waals surface area contributed by atoms with E-state index in [0.29, 0.717) is 0 Å². The van der Waals surface area contributed by atoms with Gasteiger partial charge in [-0.1, -0.05) is 30.3 Å². The van der Waals surface area contributed by atoms with Crippen LogP contribution in [0.2, 0.25) is 0 Å². The second-order valence-corrected chi connectivity index (χ2v) is 7.17. The number of nitrogens with one attached hydrogen (secondary N) is 1. The largest absolute Gasteiger partial charge is 0.507 e. The number of rotatable bonds is 2. The maximum absolute atomic E-state index is 10.6. The van der Waals surface area contributed by atoms with Gasteiger partial charge in [-0.3, -0.25) is 9.38 Å². The first-order valence-corrected chi connectivity index (χ1v) is 8.25. The molecule has 2 heterocycles. The Morgan fingerprint density at radius 1 is 1.08 bits per heavy atom. The van der Waals surface area contributed by atoms with E-state index in [0.717, 1.165) is 33.5 Å². The van der Waals surface area contributed by atoms with Crippen molar-refractivity contribution in [3.8, 4) is 17.0 Å². The molecule has 4 rings (SSSR count). The fourth-order valence-electron chi connectivity index (χ4n) is 3.06. The molecule has 0 radical (unpaired) electrons. The van der Waals surface area contributed by atoms with Crippen molar-refractivity contribution in [2.24, 2.45) is 0 Å². The minimum atomic E-state index is -0.159. The zero-order valence-electron chi connectivity index (χ0n) is 14.5. The van der Waals surface area contributed by atoms with E-state index in [4.69, 9.17) is 4.98 Å². The van der Waals surface area contributed by atoms with Crippen LogP contribution in [0.4, 0.5) is 5.82 Å². The van der Waals surface area contributed by atoms with Crippen LogP contribution in [0.1, 0.15) is 20.8 Å². The minimum Gasteiger partial charge on any atom is -0.507 e. The molecule has 0 aliphatic rings. The molecule has 5 heteroatoms. The lowest BCUT2D eigenvalue weighted by molar-refractivity contribution is 0.478. The Labute approximate surface area is 146 Å². The van der Waals surface area contributed by atoms with Crippen LogP contribution in [-0.4, -0.2) is 25.0 Å². The molecule has 0 amide bonds. The Bertz CT molecular complexity index is 1080. The summed E-state index contributed by atoms with van der Waals surface area (Å²) in [6.07, 6.45) is 5.33. The highest BCUT2D eigenvalue weighted by molar-refractivity contribution is 6.01. The second-order valence-electron chi connectivity index (χ2n) is 7.17. The van der Waals surface area contributed by atoms with Crippen LogP contribution in [0.15, 0.2) is 55.0 Å². The summed E-state index contributed by atoms with van der Waals surface area (Å²) in [6, 6.07) is 11.6. The summed E-state index contributed by atoms with van der Waals surface area (Å²) in [6.45, 7) is 6.29. The summed E-state index contributed by atoms with van der Waals surface area (Å²) in [5.74, 6) is 1.06. The normalized spacial score (nSPS) is 12.0. The molecule has 0 aliphatic heterocycles. The Morgan fingerprint density at radius 3 is 2.68 bits per heavy atom. The molecule has 2 aromatic carbocycles. The number of nitrogens with zero attached hydrogens (tertiary/aromatic N) is 3. The summed E-state index contributed by atoms with van der Waals surface area (Å²) in [7, 11) is 0. The molecular weight excluding hydrogens is 312 g/mol. The first kappa shape index (κ1) is 15.4. The van der Waals surface area contributed by atoms with Crippen molar-refractivity contribution in [3.63, 3.8) is 0 Å². The van der Waals surface area contributed by atoms with Gasteiger partial charge in [-0.25, -0.2) is 4.98 Å². The number of fused-ring (bicyclic) bond motifs is 2. The molecule has 0 unspecified atom stereocenters. The molecule has 126 valence electrons. The molecule has 0 spiro atoms. The van der Waals surface area contributed by atoms with Crippen molar-refractivity contribution in [2.45, 2.75) is 26.3 Å². The molecule has 5 nitrogen and oxygen atoms in total. The van der Waals surface area contributed by atoms with Crippen LogP contribution in [-0.2, 0) is 0 Å². The van der Waals surface area contributed by atoms with Crippen LogP contribution in [0, 0.1) is 0 Å². The van der Waals surface area contributed by atoms with Gasteiger partial charge in [0, 0.05) is 17.9 Å². The maximum atomic E-state index is 10.6. The summed E-state index contributed by atoms with van der Waals surface area (Å²) in [4.78, 5) is 8.92. The van der Waals surface area contributed by atoms with Gasteiger partial charge in [-0.05, 0) is 37.6 Å². The topological polar surface area (TPSA) is 62.5 Å². The summed E-state index contributed by atoms with van der Waals surface area (Å²) >= 11 is 0. The Morgan fingerprint density at radius 2 is 1.88 bits per heavy atom. The number of aromatic hydroxyl groups is 1. The zero-order chi connectivity index (χ0) is 17.6. The third kappa shape index (κ3) is 2.67. The predicted molar refractivity (Wildman–Crippen MR) is 101 cm³/mol. The quantitative estimate of drug-likeness (QED) is 0.569. The molecule has 25 heavy (non-hydrogen) atoms. The number of anilines is 1. The third-order valence-corrected chi connectivity index (χ3v) is 4.07. The molecule has 0 saturated heterocycles. The molecule has 0 saturated carbocycles. The van der Waals surface area contributed by atoms with Crippen molar-refractivity contribution in [2.75, 3.05) is 5.32 Å². The number of imidazole rings is 1. The van der Waals surface area contributed by atoms with Gasteiger partial charge in [0.2, 0.25) is 0 Å². The van der Waals surface area contributed by atoms with E-state index in [2.05, 4.69) is 31.1 Å². The van der Waals surface area contributed by atoms with Crippen LogP contribution in [0.5, 0.6) is 5.75 Å². The summed E-state index contributed by atoms with van der Waals surface area (Å²) in [5.41, 5.74) is 2.02. The Hall–Kier alpha value is -3.08. The van der Waals surface area contributed by atoms with Gasteiger partial charge in [0.05, 0.1) is 11.8 Å². The number of aromatic nitrogens is 3. The van der Waals surface area contributed by atoms with Gasteiger partial charge in [0.1, 0.15) is 17.3 Å². The number of benzene rings is 2. The number of phenolic OH excluding ortho intramolecular Hbond substituents is 1. The lowest BCUT2D eigenvalue weighted by atomic mass is 10.0. The zero-order valence-corrected chi connectivity index (χ0v) is 14.5. The van der Waals surface area contributed by atoms with E-state index in [1.54, 1.807) is 18.5 Å². The van der Waals surface area contributed by atoms with Crippen molar-refractivity contribution in [3.05, 3.63) is 55.0 Å². The minimum absolute atomic E-state index is 0.159. The van der Waals surface area contributed by atoms with Crippen LogP contribution >= 0.6 is 0 Å². The lowest BCUT2D eigenvalue weighted by Gasteiger charge is -2.23. The van der Waals surface area contributed by atoms with E-state index in [-0.39, 0.29) is 11.3 Å². The van der Waals surface area contributed by atoms with Crippen LogP contribution in [0.3, 0.4) is 0 Å². The number of hydrogen-bond donors (Lipinski definition) is 2. The highest BCUT2D eigenvalue weighted by Gasteiger charge is 2.22. The number of hydrogen-bond acceptors (Lipinski definition) is 4. The monoisotopic (exact) mass is 332 g/mol. The highest BCUT2D eigenvalue weighted by Crippen LogP contribution is 2.40. The highest BCUT2D eigenvalue weighted by atomic mass is 16.3. The van der Waals surface area contributed by atoms with E-state index in [9.17, 15) is 5.11 Å². The fourth-order valence-corrected chi connectivity index (χ4v) is 3.06. The average molecular weight is 332 g/mol. The predicted octanol–water partition coefficient (Wildman–Crippen LogP) is 4.47. The van der Waals surface area contributed by atoms with Gasteiger partial charge in [0.25, 0.3) is 0 Å². The SMILES string of the molecule is CC(C)(C)Nc1c(-c2c(O)ccc3ccccc23)nc2cnccn12. The molecule has 2 N–H and O–H groups in total. The molecule has 0 fully saturated rings. The van der Waals surface area contributed by atoms with Gasteiger partial charge in [0.15, 0.2) is 5.65 Å². The van der Waals surface area contributed by atoms with E-state index < -0.39 is 0 Å². The second kappa shape index (κ2) is 5.48. The van der Waals surface area contributed by atoms with Crippen molar-refractivity contribution < 1.29 is 5.11 Å². The molecule has 0 atom stereocenters. The lowest BCUT2D eigenvalue weighted by Crippen LogP contribution is -2.27. The summed E-state index contributed by atoms with van der Waals surface area (Å²) in [5, 5.41) is 16.2. The Kier molecular flexibility index (Phi) is 3.39. The summed E-state index contributed by atoms with van der Waals surface area (Å²) < 4.78 is 1.97. The van der Waals surface area contributed by atoms with Crippen molar-refractivity contribution >= 4 is 22.2 Å².